The van der Waals surface area contributed by atoms with Gasteiger partial charge in [0, 0.05) is 17.4 Å². The maximum atomic E-state index is 11.6. The highest BCUT2D eigenvalue weighted by molar-refractivity contribution is 9.09. The summed E-state index contributed by atoms with van der Waals surface area (Å²) in [7, 11) is 0. The molecule has 3 nitrogen and oxygen atoms in total. The highest BCUT2D eigenvalue weighted by Crippen LogP contribution is 2.11. The van der Waals surface area contributed by atoms with Crippen LogP contribution in [0.5, 0.6) is 5.75 Å². The number of carbonyl (C=O) groups is 1. The van der Waals surface area contributed by atoms with Crippen LogP contribution in [0.25, 0.3) is 0 Å². The predicted octanol–water partition coefficient (Wildman–Crippen LogP) is 2.60. The Labute approximate surface area is 104 Å². The minimum atomic E-state index is -0.0380. The van der Waals surface area contributed by atoms with Crippen LogP contribution >= 0.6 is 15.9 Å². The lowest BCUT2D eigenvalue weighted by molar-refractivity contribution is 0.0954. The minimum absolute atomic E-state index is 0.0380. The van der Waals surface area contributed by atoms with Gasteiger partial charge in [-0.15, -0.1) is 0 Å². The zero-order chi connectivity index (χ0) is 11.8. The van der Waals surface area contributed by atoms with Gasteiger partial charge < -0.3 is 10.1 Å². The average Bonchev–Trinajstić information content (AvgIpc) is 2.30. The summed E-state index contributed by atoms with van der Waals surface area (Å²) >= 11 is 3.31. The van der Waals surface area contributed by atoms with E-state index in [-0.39, 0.29) is 5.91 Å². The van der Waals surface area contributed by atoms with Gasteiger partial charge in [0.2, 0.25) is 0 Å². The lowest BCUT2D eigenvalue weighted by atomic mass is 10.2. The Hall–Kier alpha value is -1.03. The summed E-state index contributed by atoms with van der Waals surface area (Å²) in [5.41, 5.74) is 0.665. The minimum Gasteiger partial charge on any atom is -0.494 e. The molecular formula is C12H16BrNO2. The molecule has 0 aliphatic carbocycles. The van der Waals surface area contributed by atoms with Crippen LogP contribution in [0.4, 0.5) is 0 Å². The number of alkyl halides is 1. The van der Waals surface area contributed by atoms with Gasteiger partial charge in [-0.05, 0) is 37.6 Å². The first kappa shape index (κ1) is 13.0. The number of benzene rings is 1. The third-order valence-electron chi connectivity index (χ3n) is 2.02. The van der Waals surface area contributed by atoms with E-state index in [9.17, 15) is 4.79 Å². The van der Waals surface area contributed by atoms with Gasteiger partial charge in [0.05, 0.1) is 6.61 Å². The Balaban J connectivity index is 2.49. The number of nitrogens with one attached hydrogen (secondary N) is 1. The fourth-order valence-corrected chi connectivity index (χ4v) is 1.52. The molecule has 0 bridgehead atoms. The molecule has 1 N–H and O–H groups in total. The van der Waals surface area contributed by atoms with Crippen molar-refractivity contribution >= 4 is 21.8 Å². The second-order valence-corrected chi connectivity index (χ2v) is 4.05. The second kappa shape index (κ2) is 7.28. The molecule has 0 aliphatic rings. The monoisotopic (exact) mass is 285 g/mol. The van der Waals surface area contributed by atoms with Crippen molar-refractivity contribution in [2.45, 2.75) is 13.3 Å². The Morgan fingerprint density at radius 1 is 1.38 bits per heavy atom. The zero-order valence-electron chi connectivity index (χ0n) is 9.33. The standard InChI is InChI=1S/C12H16BrNO2/c1-2-16-11-6-4-10(5-7-11)12(15)14-9-3-8-13/h4-7H,2-3,8-9H2,1H3,(H,14,15). The van der Waals surface area contributed by atoms with Crippen molar-refractivity contribution in [2.75, 3.05) is 18.5 Å². The molecule has 0 heterocycles. The summed E-state index contributed by atoms with van der Waals surface area (Å²) in [5.74, 6) is 0.753. The molecule has 4 heteroatoms. The molecule has 0 saturated heterocycles. The van der Waals surface area contributed by atoms with Crippen LogP contribution in [0.15, 0.2) is 24.3 Å². The maximum Gasteiger partial charge on any atom is 0.251 e. The Morgan fingerprint density at radius 3 is 2.62 bits per heavy atom. The number of halogens is 1. The number of carbonyl (C=O) groups excluding carboxylic acids is 1. The molecule has 0 radical (unpaired) electrons. The predicted molar refractivity (Wildman–Crippen MR) is 68.4 cm³/mol. The fourth-order valence-electron chi connectivity index (χ4n) is 1.24. The fraction of sp³-hybridized carbons (Fsp3) is 0.417. The molecule has 0 fully saturated rings. The molecule has 1 amide bonds. The van der Waals surface area contributed by atoms with E-state index < -0.39 is 0 Å². The van der Waals surface area contributed by atoms with Crippen molar-refractivity contribution in [3.05, 3.63) is 29.8 Å². The largest absolute Gasteiger partial charge is 0.494 e. The molecule has 0 saturated carbocycles. The Kier molecular flexibility index (Phi) is 5.93. The molecule has 0 aliphatic heterocycles. The van der Waals surface area contributed by atoms with Crippen molar-refractivity contribution in [3.63, 3.8) is 0 Å². The molecule has 0 spiro atoms. The topological polar surface area (TPSA) is 38.3 Å². The van der Waals surface area contributed by atoms with E-state index in [1.807, 2.05) is 19.1 Å². The summed E-state index contributed by atoms with van der Waals surface area (Å²) in [6.45, 7) is 3.26. The number of hydrogen-bond donors (Lipinski definition) is 1. The second-order valence-electron chi connectivity index (χ2n) is 3.26. The zero-order valence-corrected chi connectivity index (χ0v) is 10.9. The van der Waals surface area contributed by atoms with Gasteiger partial charge in [-0.3, -0.25) is 4.79 Å². The average molecular weight is 286 g/mol. The van der Waals surface area contributed by atoms with E-state index in [2.05, 4.69) is 21.2 Å². The van der Waals surface area contributed by atoms with Gasteiger partial charge >= 0.3 is 0 Å². The van der Waals surface area contributed by atoms with Crippen LogP contribution in [-0.2, 0) is 0 Å². The SMILES string of the molecule is CCOc1ccc(C(=O)NCCCBr)cc1. The first-order valence-electron chi connectivity index (χ1n) is 5.35. The highest BCUT2D eigenvalue weighted by Gasteiger charge is 2.04. The Morgan fingerprint density at radius 2 is 2.06 bits per heavy atom. The van der Waals surface area contributed by atoms with Crippen molar-refractivity contribution in [1.29, 1.82) is 0 Å². The van der Waals surface area contributed by atoms with Gasteiger partial charge in [-0.1, -0.05) is 15.9 Å². The van der Waals surface area contributed by atoms with Gasteiger partial charge in [0.25, 0.3) is 5.91 Å². The van der Waals surface area contributed by atoms with Gasteiger partial charge in [-0.25, -0.2) is 0 Å². The van der Waals surface area contributed by atoms with E-state index in [1.165, 1.54) is 0 Å². The highest BCUT2D eigenvalue weighted by atomic mass is 79.9. The van der Waals surface area contributed by atoms with E-state index in [0.717, 1.165) is 17.5 Å². The third kappa shape index (κ3) is 4.23. The molecule has 1 aromatic rings. The van der Waals surface area contributed by atoms with Crippen LogP contribution in [0.1, 0.15) is 23.7 Å². The first-order chi connectivity index (χ1) is 7.77. The molecule has 0 atom stereocenters. The van der Waals surface area contributed by atoms with E-state index in [1.54, 1.807) is 12.1 Å². The summed E-state index contributed by atoms with van der Waals surface area (Å²) in [5, 5.41) is 3.74. The molecule has 0 aromatic heterocycles. The van der Waals surface area contributed by atoms with Crippen molar-refractivity contribution in [2.24, 2.45) is 0 Å². The summed E-state index contributed by atoms with van der Waals surface area (Å²) < 4.78 is 5.30. The van der Waals surface area contributed by atoms with Crippen LogP contribution in [-0.4, -0.2) is 24.4 Å². The maximum absolute atomic E-state index is 11.6. The van der Waals surface area contributed by atoms with E-state index >= 15 is 0 Å². The smallest absolute Gasteiger partial charge is 0.251 e. The lowest BCUT2D eigenvalue weighted by Gasteiger charge is -2.05. The number of amides is 1. The number of rotatable bonds is 6. The van der Waals surface area contributed by atoms with Crippen LogP contribution in [0.3, 0.4) is 0 Å². The number of ether oxygens (including phenoxy) is 1. The van der Waals surface area contributed by atoms with Crippen molar-refractivity contribution < 1.29 is 9.53 Å². The number of hydrogen-bond acceptors (Lipinski definition) is 2. The van der Waals surface area contributed by atoms with Crippen LogP contribution in [0, 0.1) is 0 Å². The molecular weight excluding hydrogens is 270 g/mol. The quantitative estimate of drug-likeness (QED) is 0.645. The molecule has 1 aromatic carbocycles. The van der Waals surface area contributed by atoms with E-state index in [0.29, 0.717) is 18.7 Å². The first-order valence-corrected chi connectivity index (χ1v) is 6.47. The summed E-state index contributed by atoms with van der Waals surface area (Å²) in [4.78, 5) is 11.6. The molecule has 88 valence electrons. The Bertz CT molecular complexity index is 324. The molecule has 0 unspecified atom stereocenters. The van der Waals surface area contributed by atoms with Gasteiger partial charge in [0.1, 0.15) is 5.75 Å². The molecule has 1 rings (SSSR count). The van der Waals surface area contributed by atoms with Crippen molar-refractivity contribution in [3.8, 4) is 5.75 Å². The van der Waals surface area contributed by atoms with Crippen molar-refractivity contribution in [1.82, 2.24) is 5.32 Å². The molecule has 16 heavy (non-hydrogen) atoms. The van der Waals surface area contributed by atoms with Gasteiger partial charge in [0.15, 0.2) is 0 Å². The van der Waals surface area contributed by atoms with Crippen LogP contribution < -0.4 is 10.1 Å². The van der Waals surface area contributed by atoms with Gasteiger partial charge in [-0.2, -0.15) is 0 Å². The lowest BCUT2D eigenvalue weighted by Crippen LogP contribution is -2.24. The normalized spacial score (nSPS) is 9.88. The summed E-state index contributed by atoms with van der Waals surface area (Å²) in [6, 6.07) is 7.16. The van der Waals surface area contributed by atoms with E-state index in [4.69, 9.17) is 4.74 Å². The van der Waals surface area contributed by atoms with Crippen LogP contribution in [0.2, 0.25) is 0 Å². The summed E-state index contributed by atoms with van der Waals surface area (Å²) in [6.07, 6.45) is 0.933. The third-order valence-corrected chi connectivity index (χ3v) is 2.58.